The van der Waals surface area contributed by atoms with Crippen molar-refractivity contribution in [3.8, 4) is 11.4 Å². The van der Waals surface area contributed by atoms with Crippen LogP contribution in [-0.2, 0) is 7.05 Å². The molecule has 7 heteroatoms. The van der Waals surface area contributed by atoms with Crippen molar-refractivity contribution in [3.05, 3.63) is 47.3 Å². The van der Waals surface area contributed by atoms with Crippen LogP contribution in [0.1, 0.15) is 21.5 Å². The number of imidazole rings is 1. The van der Waals surface area contributed by atoms with Gasteiger partial charge in [-0.2, -0.15) is 0 Å². The van der Waals surface area contributed by atoms with Gasteiger partial charge >= 0.3 is 0 Å². The molecule has 0 atom stereocenters. The Labute approximate surface area is 149 Å². The lowest BCUT2D eigenvalue weighted by atomic mass is 10.1. The normalized spacial score (nSPS) is 11.5. The molecule has 2 heterocycles. The topological polar surface area (TPSA) is 112 Å². The lowest BCUT2D eigenvalue weighted by molar-refractivity contribution is 0.100. The first-order valence-electron chi connectivity index (χ1n) is 8.16. The number of phenolic OH excluding ortho intramolecular Hbond substituents is 1. The van der Waals surface area contributed by atoms with Crippen LogP contribution in [0.3, 0.4) is 0 Å². The van der Waals surface area contributed by atoms with Gasteiger partial charge in [-0.1, -0.05) is 6.07 Å². The number of rotatable bonds is 2. The van der Waals surface area contributed by atoms with Gasteiger partial charge in [0.2, 0.25) is 0 Å². The zero-order chi connectivity index (χ0) is 18.7. The summed E-state index contributed by atoms with van der Waals surface area (Å²) in [6, 6.07) is 7.18. The van der Waals surface area contributed by atoms with Gasteiger partial charge in [-0.05, 0) is 37.6 Å². The van der Waals surface area contributed by atoms with Gasteiger partial charge in [0.05, 0.1) is 28.6 Å². The minimum absolute atomic E-state index is 0.153. The van der Waals surface area contributed by atoms with Crippen molar-refractivity contribution in [2.75, 3.05) is 5.73 Å². The number of nitrogens with two attached hydrogens (primary N) is 2. The van der Waals surface area contributed by atoms with Crippen molar-refractivity contribution in [2.45, 2.75) is 13.8 Å². The molecule has 26 heavy (non-hydrogen) atoms. The summed E-state index contributed by atoms with van der Waals surface area (Å²) in [6.45, 7) is 3.74. The van der Waals surface area contributed by atoms with Gasteiger partial charge in [-0.25, -0.2) is 4.98 Å². The van der Waals surface area contributed by atoms with E-state index >= 15 is 0 Å². The maximum absolute atomic E-state index is 12.1. The Bertz CT molecular complexity index is 1220. The predicted molar refractivity (Wildman–Crippen MR) is 102 cm³/mol. The summed E-state index contributed by atoms with van der Waals surface area (Å²) in [5.41, 5.74) is 16.9. The number of nitrogens with zero attached hydrogens (tertiary/aromatic N) is 3. The van der Waals surface area contributed by atoms with Crippen LogP contribution < -0.4 is 11.5 Å². The molecule has 0 saturated heterocycles. The van der Waals surface area contributed by atoms with Gasteiger partial charge in [-0.3, -0.25) is 9.36 Å². The SMILES string of the molecule is Cc1ccc(O)c(C)c1-n1c(N)c(C(N)=O)c2ccc3c(ncn3C)c21. The van der Waals surface area contributed by atoms with Crippen LogP contribution in [0, 0.1) is 13.8 Å². The van der Waals surface area contributed by atoms with E-state index < -0.39 is 5.91 Å². The van der Waals surface area contributed by atoms with E-state index in [1.54, 1.807) is 17.0 Å². The maximum Gasteiger partial charge on any atom is 0.253 e. The number of carbonyl (C=O) groups is 1. The van der Waals surface area contributed by atoms with E-state index in [1.807, 2.05) is 43.7 Å². The lowest BCUT2D eigenvalue weighted by Gasteiger charge is -2.16. The molecule has 5 N–H and O–H groups in total. The number of aromatic nitrogens is 3. The molecule has 0 unspecified atom stereocenters. The van der Waals surface area contributed by atoms with Gasteiger partial charge in [-0.15, -0.1) is 0 Å². The smallest absolute Gasteiger partial charge is 0.253 e. The standard InChI is InChI=1S/C19H19N5O2/c1-9-4-7-13(25)10(2)16(9)24-17-11(14(18(24)20)19(21)26)5-6-12-15(17)22-8-23(12)3/h4-8,25H,20H2,1-3H3,(H2,21,26). The molecular formula is C19H19N5O2. The molecule has 132 valence electrons. The summed E-state index contributed by atoms with van der Waals surface area (Å²) in [5.74, 6) is -0.208. The molecule has 2 aromatic carbocycles. The highest BCUT2D eigenvalue weighted by Crippen LogP contribution is 2.38. The quantitative estimate of drug-likeness (QED) is 0.516. The summed E-state index contributed by atoms with van der Waals surface area (Å²) in [5, 5.41) is 10.9. The maximum atomic E-state index is 12.1. The Kier molecular flexibility index (Phi) is 3.24. The molecule has 0 radical (unpaired) electrons. The summed E-state index contributed by atoms with van der Waals surface area (Å²) in [7, 11) is 1.90. The second-order valence-electron chi connectivity index (χ2n) is 6.52. The zero-order valence-corrected chi connectivity index (χ0v) is 14.7. The first-order chi connectivity index (χ1) is 12.3. The zero-order valence-electron chi connectivity index (χ0n) is 14.7. The van der Waals surface area contributed by atoms with E-state index in [4.69, 9.17) is 11.5 Å². The predicted octanol–water partition coefficient (Wildman–Crippen LogP) is 2.52. The van der Waals surface area contributed by atoms with E-state index in [2.05, 4.69) is 4.98 Å². The summed E-state index contributed by atoms with van der Waals surface area (Å²) >= 11 is 0. The molecule has 2 aromatic heterocycles. The van der Waals surface area contributed by atoms with Crippen LogP contribution in [0.5, 0.6) is 5.75 Å². The highest BCUT2D eigenvalue weighted by Gasteiger charge is 2.25. The van der Waals surface area contributed by atoms with Crippen molar-refractivity contribution in [2.24, 2.45) is 12.8 Å². The van der Waals surface area contributed by atoms with Gasteiger partial charge < -0.3 is 21.1 Å². The minimum atomic E-state index is -0.600. The number of anilines is 1. The Morgan fingerprint density at radius 3 is 2.62 bits per heavy atom. The molecular weight excluding hydrogens is 330 g/mol. The van der Waals surface area contributed by atoms with Crippen LogP contribution in [0.15, 0.2) is 30.6 Å². The third-order valence-corrected chi connectivity index (χ3v) is 4.93. The molecule has 0 saturated carbocycles. The van der Waals surface area contributed by atoms with E-state index in [1.165, 1.54) is 0 Å². The number of hydrogen-bond acceptors (Lipinski definition) is 4. The molecule has 0 aliphatic carbocycles. The highest BCUT2D eigenvalue weighted by atomic mass is 16.3. The summed E-state index contributed by atoms with van der Waals surface area (Å²) < 4.78 is 3.67. The molecule has 0 spiro atoms. The first-order valence-corrected chi connectivity index (χ1v) is 8.16. The monoisotopic (exact) mass is 349 g/mol. The van der Waals surface area contributed by atoms with Crippen molar-refractivity contribution in [1.29, 1.82) is 0 Å². The Balaban J connectivity index is 2.30. The number of amides is 1. The van der Waals surface area contributed by atoms with Crippen LogP contribution in [0.25, 0.3) is 27.6 Å². The molecule has 1 amide bonds. The number of carbonyl (C=O) groups excluding carboxylic acids is 1. The van der Waals surface area contributed by atoms with Gasteiger partial charge in [0, 0.05) is 18.0 Å². The van der Waals surface area contributed by atoms with Crippen LogP contribution >= 0.6 is 0 Å². The Hall–Kier alpha value is -3.48. The van der Waals surface area contributed by atoms with E-state index in [9.17, 15) is 9.90 Å². The third-order valence-electron chi connectivity index (χ3n) is 4.93. The number of aromatic hydroxyl groups is 1. The Morgan fingerprint density at radius 1 is 1.19 bits per heavy atom. The third kappa shape index (κ3) is 1.94. The lowest BCUT2D eigenvalue weighted by Crippen LogP contribution is -2.14. The fourth-order valence-electron chi connectivity index (χ4n) is 3.65. The van der Waals surface area contributed by atoms with Crippen molar-refractivity contribution in [3.63, 3.8) is 0 Å². The number of aryl methyl sites for hydroxylation is 2. The van der Waals surface area contributed by atoms with Crippen molar-refractivity contribution in [1.82, 2.24) is 14.1 Å². The number of phenols is 1. The van der Waals surface area contributed by atoms with Gasteiger partial charge in [0.1, 0.15) is 17.1 Å². The van der Waals surface area contributed by atoms with Crippen LogP contribution in [0.2, 0.25) is 0 Å². The first kappa shape index (κ1) is 16.0. The molecule has 7 nitrogen and oxygen atoms in total. The van der Waals surface area contributed by atoms with Crippen LogP contribution in [-0.4, -0.2) is 25.1 Å². The largest absolute Gasteiger partial charge is 0.508 e. The number of fused-ring (bicyclic) bond motifs is 3. The second-order valence-corrected chi connectivity index (χ2v) is 6.52. The fourth-order valence-corrected chi connectivity index (χ4v) is 3.65. The van der Waals surface area contributed by atoms with E-state index in [0.29, 0.717) is 22.0 Å². The van der Waals surface area contributed by atoms with Gasteiger partial charge in [0.25, 0.3) is 5.91 Å². The number of nitrogen functional groups attached to an aromatic ring is 1. The number of primary amides is 1. The van der Waals surface area contributed by atoms with Crippen LogP contribution in [0.4, 0.5) is 5.82 Å². The minimum Gasteiger partial charge on any atom is -0.508 e. The molecule has 4 aromatic rings. The summed E-state index contributed by atoms with van der Waals surface area (Å²) in [4.78, 5) is 16.6. The number of hydrogen-bond donors (Lipinski definition) is 3. The molecule has 4 rings (SSSR count). The van der Waals surface area contributed by atoms with Crippen molar-refractivity contribution >= 4 is 33.7 Å². The Morgan fingerprint density at radius 2 is 1.92 bits per heavy atom. The summed E-state index contributed by atoms with van der Waals surface area (Å²) in [6.07, 6.45) is 1.71. The highest BCUT2D eigenvalue weighted by molar-refractivity contribution is 6.17. The van der Waals surface area contributed by atoms with Crippen molar-refractivity contribution < 1.29 is 9.90 Å². The number of benzene rings is 2. The average molecular weight is 349 g/mol. The molecule has 0 bridgehead atoms. The fraction of sp³-hybridized carbons (Fsp3) is 0.158. The van der Waals surface area contributed by atoms with E-state index in [-0.39, 0.29) is 17.1 Å². The second kappa shape index (κ2) is 5.26. The molecule has 0 fully saturated rings. The van der Waals surface area contributed by atoms with E-state index in [0.717, 1.165) is 16.8 Å². The van der Waals surface area contributed by atoms with Gasteiger partial charge in [0.15, 0.2) is 0 Å². The molecule has 0 aliphatic rings. The average Bonchev–Trinajstić information content (AvgIpc) is 3.10. The molecule has 0 aliphatic heterocycles.